The summed E-state index contributed by atoms with van der Waals surface area (Å²) >= 11 is 3.31. The summed E-state index contributed by atoms with van der Waals surface area (Å²) in [7, 11) is 1.52. The number of carbonyl (C=O) groups excluding carboxylic acids is 2. The Hall–Kier alpha value is -2.16. The molecule has 9 heteroatoms. The Balaban J connectivity index is 2.29. The highest BCUT2D eigenvalue weighted by Gasteiger charge is 2.32. The number of hydrogen-bond acceptors (Lipinski definition) is 4. The van der Waals surface area contributed by atoms with Gasteiger partial charge in [-0.2, -0.15) is 10.2 Å². The maximum absolute atomic E-state index is 12.6. The Bertz CT molecular complexity index is 733. The van der Waals surface area contributed by atoms with E-state index in [1.807, 2.05) is 6.92 Å². The fourth-order valence-corrected chi connectivity index (χ4v) is 2.23. The van der Waals surface area contributed by atoms with Gasteiger partial charge >= 0.3 is 0 Å². The molecule has 0 radical (unpaired) electrons. The van der Waals surface area contributed by atoms with E-state index in [4.69, 9.17) is 0 Å². The smallest absolute Gasteiger partial charge is 0.273 e. The molecular formula is C14H19BrN6O2. The summed E-state index contributed by atoms with van der Waals surface area (Å²) < 4.78 is 3.93. The van der Waals surface area contributed by atoms with E-state index in [-0.39, 0.29) is 17.5 Å². The molecule has 0 saturated carbocycles. The number of amides is 2. The van der Waals surface area contributed by atoms with Crippen molar-refractivity contribution in [2.45, 2.75) is 32.9 Å². The zero-order chi connectivity index (χ0) is 17.2. The molecule has 0 fully saturated rings. The van der Waals surface area contributed by atoms with Gasteiger partial charge in [0.25, 0.3) is 11.8 Å². The molecule has 0 spiro atoms. The van der Waals surface area contributed by atoms with Gasteiger partial charge in [0.05, 0.1) is 16.4 Å². The quantitative estimate of drug-likeness (QED) is 0.820. The average Bonchev–Trinajstić information content (AvgIpc) is 3.13. The molecule has 2 aromatic heterocycles. The molecule has 0 aliphatic heterocycles. The van der Waals surface area contributed by atoms with Crippen LogP contribution in [0.25, 0.3) is 0 Å². The van der Waals surface area contributed by atoms with Crippen molar-refractivity contribution in [2.24, 2.45) is 0 Å². The summed E-state index contributed by atoms with van der Waals surface area (Å²) in [6.45, 7) is 5.98. The lowest BCUT2D eigenvalue weighted by Crippen LogP contribution is -2.41. The van der Waals surface area contributed by atoms with E-state index in [1.165, 1.54) is 7.05 Å². The third kappa shape index (κ3) is 3.44. The number of nitrogens with zero attached hydrogens (tertiary/aromatic N) is 4. The topological polar surface area (TPSA) is 93.8 Å². The minimum absolute atomic E-state index is 0.181. The maximum atomic E-state index is 12.6. The number of rotatable bonds is 5. The first-order valence-corrected chi connectivity index (χ1v) is 7.90. The molecule has 0 aromatic carbocycles. The molecule has 124 valence electrons. The van der Waals surface area contributed by atoms with Crippen LogP contribution in [0.4, 0.5) is 5.69 Å². The molecule has 23 heavy (non-hydrogen) atoms. The van der Waals surface area contributed by atoms with E-state index in [1.54, 1.807) is 41.8 Å². The molecule has 2 amide bonds. The molecule has 2 aromatic rings. The first kappa shape index (κ1) is 17.2. The second-order valence-electron chi connectivity index (χ2n) is 5.44. The van der Waals surface area contributed by atoms with Crippen molar-refractivity contribution in [2.75, 3.05) is 12.4 Å². The summed E-state index contributed by atoms with van der Waals surface area (Å²) in [4.78, 5) is 24.6. The van der Waals surface area contributed by atoms with Gasteiger partial charge in [0.2, 0.25) is 0 Å². The fraction of sp³-hybridized carbons (Fsp3) is 0.429. The molecule has 0 atom stereocenters. The molecule has 0 aliphatic rings. The van der Waals surface area contributed by atoms with Crippen LogP contribution in [0, 0.1) is 0 Å². The van der Waals surface area contributed by atoms with Crippen molar-refractivity contribution in [1.29, 1.82) is 0 Å². The van der Waals surface area contributed by atoms with Crippen molar-refractivity contribution in [1.82, 2.24) is 24.9 Å². The van der Waals surface area contributed by atoms with E-state index >= 15 is 0 Å². The molecular weight excluding hydrogens is 364 g/mol. The van der Waals surface area contributed by atoms with Crippen LogP contribution >= 0.6 is 15.9 Å². The summed E-state index contributed by atoms with van der Waals surface area (Å²) in [6, 6.07) is 0. The predicted octanol–water partition coefficient (Wildman–Crippen LogP) is 1.60. The van der Waals surface area contributed by atoms with Crippen molar-refractivity contribution in [3.63, 3.8) is 0 Å². The highest BCUT2D eigenvalue weighted by atomic mass is 79.9. The van der Waals surface area contributed by atoms with Crippen molar-refractivity contribution in [3.8, 4) is 0 Å². The van der Waals surface area contributed by atoms with E-state index < -0.39 is 5.54 Å². The lowest BCUT2D eigenvalue weighted by atomic mass is 10.0. The number of aromatic nitrogens is 4. The largest absolute Gasteiger partial charge is 0.354 e. The van der Waals surface area contributed by atoms with E-state index in [2.05, 4.69) is 36.8 Å². The Labute approximate surface area is 142 Å². The minimum atomic E-state index is -0.930. The first-order valence-electron chi connectivity index (χ1n) is 7.11. The third-order valence-corrected chi connectivity index (χ3v) is 3.87. The van der Waals surface area contributed by atoms with Crippen LogP contribution in [0.3, 0.4) is 0 Å². The van der Waals surface area contributed by atoms with Crippen molar-refractivity contribution >= 4 is 33.4 Å². The number of carbonyl (C=O) groups is 2. The van der Waals surface area contributed by atoms with Gasteiger partial charge in [0.15, 0.2) is 5.69 Å². The Morgan fingerprint density at radius 1 is 1.35 bits per heavy atom. The molecule has 2 rings (SSSR count). The van der Waals surface area contributed by atoms with Gasteiger partial charge in [0, 0.05) is 26.0 Å². The summed E-state index contributed by atoms with van der Waals surface area (Å²) in [5, 5.41) is 13.6. The van der Waals surface area contributed by atoms with Gasteiger partial charge in [-0.05, 0) is 36.7 Å². The highest BCUT2D eigenvalue weighted by Crippen LogP contribution is 2.21. The maximum Gasteiger partial charge on any atom is 0.273 e. The lowest BCUT2D eigenvalue weighted by molar-refractivity contribution is -0.123. The number of hydrogen-bond donors (Lipinski definition) is 2. The number of anilines is 1. The Kier molecular flexibility index (Phi) is 4.88. The first-order chi connectivity index (χ1) is 10.8. The predicted molar refractivity (Wildman–Crippen MR) is 89.2 cm³/mol. The minimum Gasteiger partial charge on any atom is -0.354 e. The SMILES string of the molecule is CCn1cc(NC(=O)C(C)(C)n2cc(Br)cn2)c(C(=O)NC)n1. The molecule has 0 bridgehead atoms. The number of aryl methyl sites for hydroxylation is 1. The number of halogens is 1. The fourth-order valence-electron chi connectivity index (χ4n) is 1.95. The van der Waals surface area contributed by atoms with Crippen LogP contribution in [0.2, 0.25) is 0 Å². The summed E-state index contributed by atoms with van der Waals surface area (Å²) in [5.41, 5.74) is -0.379. The lowest BCUT2D eigenvalue weighted by Gasteiger charge is -2.24. The van der Waals surface area contributed by atoms with Crippen LogP contribution in [0.15, 0.2) is 23.1 Å². The molecule has 2 heterocycles. The standard InChI is InChI=1S/C14H19BrN6O2/c1-5-20-8-10(11(19-20)12(22)16-4)18-13(23)14(2,3)21-7-9(15)6-17-21/h6-8H,5H2,1-4H3,(H,16,22)(H,18,23). The van der Waals surface area contributed by atoms with Gasteiger partial charge in [-0.3, -0.25) is 19.0 Å². The van der Waals surface area contributed by atoms with E-state index in [9.17, 15) is 9.59 Å². The molecule has 8 nitrogen and oxygen atoms in total. The molecule has 0 aliphatic carbocycles. The van der Waals surface area contributed by atoms with Crippen molar-refractivity contribution in [3.05, 3.63) is 28.8 Å². The zero-order valence-electron chi connectivity index (χ0n) is 13.4. The summed E-state index contributed by atoms with van der Waals surface area (Å²) in [5.74, 6) is -0.652. The third-order valence-electron chi connectivity index (χ3n) is 3.46. The Morgan fingerprint density at radius 2 is 2.04 bits per heavy atom. The average molecular weight is 383 g/mol. The van der Waals surface area contributed by atoms with Crippen LogP contribution in [-0.2, 0) is 16.9 Å². The van der Waals surface area contributed by atoms with Gasteiger partial charge in [0.1, 0.15) is 5.54 Å². The zero-order valence-corrected chi connectivity index (χ0v) is 15.0. The van der Waals surface area contributed by atoms with Gasteiger partial charge in [-0.1, -0.05) is 0 Å². The van der Waals surface area contributed by atoms with Crippen molar-refractivity contribution < 1.29 is 9.59 Å². The highest BCUT2D eigenvalue weighted by molar-refractivity contribution is 9.10. The van der Waals surface area contributed by atoms with Crippen LogP contribution < -0.4 is 10.6 Å². The van der Waals surface area contributed by atoms with Crippen LogP contribution in [0.1, 0.15) is 31.3 Å². The summed E-state index contributed by atoms with van der Waals surface area (Å²) in [6.07, 6.45) is 4.96. The van der Waals surface area contributed by atoms with Crippen LogP contribution in [0.5, 0.6) is 0 Å². The molecule has 0 saturated heterocycles. The van der Waals surface area contributed by atoms with E-state index in [0.29, 0.717) is 12.2 Å². The second-order valence-corrected chi connectivity index (χ2v) is 6.36. The van der Waals surface area contributed by atoms with Gasteiger partial charge in [-0.15, -0.1) is 0 Å². The molecule has 2 N–H and O–H groups in total. The molecule has 0 unspecified atom stereocenters. The van der Waals surface area contributed by atoms with E-state index in [0.717, 1.165) is 4.47 Å². The van der Waals surface area contributed by atoms with Gasteiger partial charge < -0.3 is 10.6 Å². The second kappa shape index (κ2) is 6.53. The van der Waals surface area contributed by atoms with Gasteiger partial charge in [-0.25, -0.2) is 0 Å². The monoisotopic (exact) mass is 382 g/mol. The van der Waals surface area contributed by atoms with Crippen LogP contribution in [-0.4, -0.2) is 38.4 Å². The Morgan fingerprint density at radius 3 is 2.57 bits per heavy atom. The normalized spacial score (nSPS) is 11.3. The number of nitrogens with one attached hydrogen (secondary N) is 2.